The molecular formula is C16H12IN3O6. The minimum atomic E-state index is -0.761. The van der Waals surface area contributed by atoms with Crippen molar-refractivity contribution in [1.82, 2.24) is 10.9 Å². The van der Waals surface area contributed by atoms with Crippen molar-refractivity contribution in [1.29, 1.82) is 0 Å². The monoisotopic (exact) mass is 469 g/mol. The first kappa shape index (κ1) is 19.3. The molecule has 2 aromatic rings. The molecule has 10 heteroatoms. The fourth-order valence-corrected chi connectivity index (χ4v) is 2.16. The molecule has 0 aliphatic heterocycles. The van der Waals surface area contributed by atoms with Gasteiger partial charge in [0.05, 0.1) is 10.5 Å². The van der Waals surface area contributed by atoms with E-state index in [1.165, 1.54) is 18.2 Å². The first-order chi connectivity index (χ1) is 12.4. The molecule has 0 atom stereocenters. The van der Waals surface area contributed by atoms with Crippen LogP contribution in [0.25, 0.3) is 0 Å². The van der Waals surface area contributed by atoms with E-state index in [1.807, 2.05) is 0 Å². The summed E-state index contributed by atoms with van der Waals surface area (Å²) in [6.45, 7) is -0.597. The summed E-state index contributed by atoms with van der Waals surface area (Å²) in [7, 11) is 0. The molecule has 0 aliphatic rings. The van der Waals surface area contributed by atoms with E-state index in [0.29, 0.717) is 5.56 Å². The number of hydrogen-bond acceptors (Lipinski definition) is 6. The summed E-state index contributed by atoms with van der Waals surface area (Å²) in [6, 6.07) is 11.6. The molecule has 0 aliphatic carbocycles. The highest BCUT2D eigenvalue weighted by molar-refractivity contribution is 14.1. The van der Waals surface area contributed by atoms with Crippen molar-refractivity contribution in [2.75, 3.05) is 6.61 Å². The van der Waals surface area contributed by atoms with Crippen LogP contribution >= 0.6 is 22.6 Å². The molecule has 0 bridgehead atoms. The van der Waals surface area contributed by atoms with Crippen molar-refractivity contribution in [3.8, 4) is 0 Å². The Hall–Kier alpha value is -3.02. The Morgan fingerprint density at radius 1 is 1.04 bits per heavy atom. The molecule has 0 aromatic heterocycles. The topological polar surface area (TPSA) is 128 Å². The number of nitro groups is 1. The van der Waals surface area contributed by atoms with Gasteiger partial charge in [0.2, 0.25) is 0 Å². The van der Waals surface area contributed by atoms with Crippen LogP contribution in [-0.2, 0) is 9.53 Å². The number of rotatable bonds is 5. The first-order valence-corrected chi connectivity index (χ1v) is 8.21. The fourth-order valence-electron chi connectivity index (χ4n) is 1.80. The van der Waals surface area contributed by atoms with Gasteiger partial charge in [0.25, 0.3) is 17.5 Å². The number of carbonyl (C=O) groups excluding carboxylic acids is 3. The molecular weight excluding hydrogens is 457 g/mol. The third kappa shape index (κ3) is 5.51. The van der Waals surface area contributed by atoms with E-state index in [0.717, 1.165) is 9.64 Å². The quantitative estimate of drug-likeness (QED) is 0.298. The van der Waals surface area contributed by atoms with Crippen LogP contribution < -0.4 is 10.9 Å². The average Bonchev–Trinajstić information content (AvgIpc) is 2.64. The Balaban J connectivity index is 1.82. The maximum Gasteiger partial charge on any atom is 0.338 e. The molecule has 2 rings (SSSR count). The molecule has 0 unspecified atom stereocenters. The van der Waals surface area contributed by atoms with Crippen molar-refractivity contribution in [2.45, 2.75) is 0 Å². The van der Waals surface area contributed by atoms with Crippen LogP contribution in [0.1, 0.15) is 20.7 Å². The molecule has 0 radical (unpaired) electrons. The van der Waals surface area contributed by atoms with Crippen LogP contribution in [0.5, 0.6) is 0 Å². The van der Waals surface area contributed by atoms with Crippen LogP contribution in [0.15, 0.2) is 48.5 Å². The molecule has 0 heterocycles. The normalized spacial score (nSPS) is 9.88. The SMILES string of the molecule is O=C(COC(=O)c1ccc(I)cc1)NNC(=O)c1cccc([N+](=O)[O-])c1. The molecule has 0 saturated carbocycles. The van der Waals surface area contributed by atoms with Crippen molar-refractivity contribution < 1.29 is 24.0 Å². The number of carbonyl (C=O) groups is 3. The van der Waals surface area contributed by atoms with E-state index in [1.54, 1.807) is 24.3 Å². The zero-order chi connectivity index (χ0) is 19.1. The number of ether oxygens (including phenoxy) is 1. The standard InChI is InChI=1S/C16H12IN3O6/c17-12-6-4-10(5-7-12)16(23)26-9-14(21)18-19-15(22)11-2-1-3-13(8-11)20(24)25/h1-8H,9H2,(H,18,21)(H,19,22). The van der Waals surface area contributed by atoms with Crippen LogP contribution in [-0.4, -0.2) is 29.3 Å². The molecule has 0 fully saturated rings. The fraction of sp³-hybridized carbons (Fsp3) is 0.0625. The number of nitrogens with one attached hydrogen (secondary N) is 2. The number of benzene rings is 2. The lowest BCUT2D eigenvalue weighted by atomic mass is 10.2. The van der Waals surface area contributed by atoms with Gasteiger partial charge in [-0.2, -0.15) is 0 Å². The van der Waals surface area contributed by atoms with E-state index in [2.05, 4.69) is 33.4 Å². The molecule has 9 nitrogen and oxygen atoms in total. The largest absolute Gasteiger partial charge is 0.452 e. The summed E-state index contributed by atoms with van der Waals surface area (Å²) in [4.78, 5) is 45.3. The van der Waals surface area contributed by atoms with Crippen LogP contribution in [0.3, 0.4) is 0 Å². The first-order valence-electron chi connectivity index (χ1n) is 7.13. The van der Waals surface area contributed by atoms with Crippen LogP contribution in [0, 0.1) is 13.7 Å². The van der Waals surface area contributed by atoms with Crippen LogP contribution in [0.2, 0.25) is 0 Å². The summed E-state index contributed by atoms with van der Waals surface area (Å²) in [5.74, 6) is -2.18. The molecule has 2 N–H and O–H groups in total. The maximum atomic E-state index is 11.9. The highest BCUT2D eigenvalue weighted by Crippen LogP contribution is 2.12. The zero-order valence-electron chi connectivity index (χ0n) is 13.1. The Morgan fingerprint density at radius 2 is 1.73 bits per heavy atom. The maximum absolute atomic E-state index is 11.9. The minimum Gasteiger partial charge on any atom is -0.452 e. The lowest BCUT2D eigenvalue weighted by Crippen LogP contribution is -2.43. The smallest absolute Gasteiger partial charge is 0.338 e. The summed E-state index contributed by atoms with van der Waals surface area (Å²) in [6.07, 6.45) is 0. The van der Waals surface area contributed by atoms with Gasteiger partial charge in [-0.3, -0.25) is 30.6 Å². The number of nitro benzene ring substituents is 1. The predicted molar refractivity (Wildman–Crippen MR) is 98.1 cm³/mol. The van der Waals surface area contributed by atoms with E-state index < -0.39 is 29.3 Å². The van der Waals surface area contributed by atoms with Crippen LogP contribution in [0.4, 0.5) is 5.69 Å². The van der Waals surface area contributed by atoms with E-state index >= 15 is 0 Å². The van der Waals surface area contributed by atoms with Gasteiger partial charge >= 0.3 is 5.97 Å². The number of esters is 1. The Kier molecular flexibility index (Phi) is 6.60. The number of non-ortho nitro benzene ring substituents is 1. The minimum absolute atomic E-state index is 0.00427. The van der Waals surface area contributed by atoms with Crippen molar-refractivity contribution in [3.05, 3.63) is 73.3 Å². The van der Waals surface area contributed by atoms with Gasteiger partial charge in [0.1, 0.15) is 0 Å². The third-order valence-electron chi connectivity index (χ3n) is 3.05. The molecule has 134 valence electrons. The second-order valence-electron chi connectivity index (χ2n) is 4.89. The van der Waals surface area contributed by atoms with Gasteiger partial charge in [-0.25, -0.2) is 4.79 Å². The summed E-state index contributed by atoms with van der Waals surface area (Å²) in [5.41, 5.74) is 4.17. The summed E-state index contributed by atoms with van der Waals surface area (Å²) in [5, 5.41) is 10.7. The number of nitrogens with zero attached hydrogens (tertiary/aromatic N) is 1. The van der Waals surface area contributed by atoms with E-state index in [4.69, 9.17) is 4.74 Å². The second kappa shape index (κ2) is 8.89. The predicted octanol–water partition coefficient (Wildman–Crippen LogP) is 1.82. The van der Waals surface area contributed by atoms with Crippen molar-refractivity contribution in [2.24, 2.45) is 0 Å². The van der Waals surface area contributed by atoms with E-state index in [-0.39, 0.29) is 11.3 Å². The molecule has 2 amide bonds. The van der Waals surface area contributed by atoms with Gasteiger partial charge in [-0.1, -0.05) is 6.07 Å². The Morgan fingerprint density at radius 3 is 2.38 bits per heavy atom. The molecule has 0 spiro atoms. The Labute approximate surface area is 161 Å². The second-order valence-corrected chi connectivity index (χ2v) is 6.14. The van der Waals surface area contributed by atoms with Crippen molar-refractivity contribution in [3.63, 3.8) is 0 Å². The van der Waals surface area contributed by atoms with Gasteiger partial charge in [-0.05, 0) is 52.9 Å². The highest BCUT2D eigenvalue weighted by atomic mass is 127. The lowest BCUT2D eigenvalue weighted by molar-refractivity contribution is -0.384. The number of halogens is 1. The van der Waals surface area contributed by atoms with Gasteiger partial charge in [0, 0.05) is 21.3 Å². The third-order valence-corrected chi connectivity index (χ3v) is 3.77. The van der Waals surface area contributed by atoms with Gasteiger partial charge in [0.15, 0.2) is 6.61 Å². The number of hydrogen-bond donors (Lipinski definition) is 2. The average molecular weight is 469 g/mol. The lowest BCUT2D eigenvalue weighted by Gasteiger charge is -2.08. The van der Waals surface area contributed by atoms with E-state index in [9.17, 15) is 24.5 Å². The zero-order valence-corrected chi connectivity index (χ0v) is 15.3. The molecule has 0 saturated heterocycles. The summed E-state index contributed by atoms with van der Waals surface area (Å²) < 4.78 is 5.77. The van der Waals surface area contributed by atoms with Gasteiger partial charge < -0.3 is 4.74 Å². The van der Waals surface area contributed by atoms with Crippen molar-refractivity contribution >= 4 is 46.1 Å². The summed E-state index contributed by atoms with van der Waals surface area (Å²) >= 11 is 2.09. The highest BCUT2D eigenvalue weighted by Gasteiger charge is 2.13. The number of hydrazine groups is 1. The molecule has 2 aromatic carbocycles. The van der Waals surface area contributed by atoms with Gasteiger partial charge in [-0.15, -0.1) is 0 Å². The molecule has 26 heavy (non-hydrogen) atoms. The number of amides is 2. The Bertz CT molecular complexity index is 853.